The molecule has 0 aromatic heterocycles. The lowest BCUT2D eigenvalue weighted by Crippen LogP contribution is -2.51. The second-order valence-electron chi connectivity index (χ2n) is 12.4. The van der Waals surface area contributed by atoms with Crippen molar-refractivity contribution in [3.05, 3.63) is 11.1 Å². The maximum atomic E-state index is 9.00. The average molecular weight is 529 g/mol. The topological polar surface area (TPSA) is 37.3 Å². The van der Waals surface area contributed by atoms with Crippen LogP contribution in [-0.4, -0.2) is 15.5 Å². The van der Waals surface area contributed by atoms with Crippen LogP contribution in [0.25, 0.3) is 0 Å². The quantitative estimate of drug-likeness (QED) is 0.222. The monoisotopic (exact) mass is 528 g/mol. The third-order valence-electron chi connectivity index (χ3n) is 10.5. The maximum Gasteiger partial charge on any atom is 0.300 e. The molecule has 0 amide bonds. The van der Waals surface area contributed by atoms with Crippen LogP contribution in [0.4, 0.5) is 0 Å². The van der Waals surface area contributed by atoms with Crippen molar-refractivity contribution >= 4 is 28.6 Å². The van der Waals surface area contributed by atoms with Gasteiger partial charge in [0.1, 0.15) is 0 Å². The van der Waals surface area contributed by atoms with E-state index in [1.807, 2.05) is 11.1 Å². The molecule has 0 bridgehead atoms. The van der Waals surface area contributed by atoms with E-state index in [0.29, 0.717) is 21.7 Å². The van der Waals surface area contributed by atoms with Crippen LogP contribution in [0.15, 0.2) is 11.1 Å². The largest absolute Gasteiger partial charge is 0.481 e. The van der Waals surface area contributed by atoms with Gasteiger partial charge < -0.3 is 5.11 Å². The minimum absolute atomic E-state index is 0.487. The number of rotatable bonds is 2. The van der Waals surface area contributed by atoms with Crippen LogP contribution in [0.1, 0.15) is 106 Å². The molecule has 2 nitrogen and oxygen atoms in total. The summed E-state index contributed by atoms with van der Waals surface area (Å²) in [5.41, 5.74) is 6.01. The molecular weight excluding hydrogens is 483 g/mol. The van der Waals surface area contributed by atoms with E-state index >= 15 is 0 Å². The molecule has 4 aliphatic rings. The highest BCUT2D eigenvalue weighted by Crippen LogP contribution is 2.72. The maximum absolute atomic E-state index is 9.00. The summed E-state index contributed by atoms with van der Waals surface area (Å²) in [6.45, 7) is 16.8. The highest BCUT2D eigenvalue weighted by molar-refractivity contribution is 14.1. The van der Waals surface area contributed by atoms with Crippen molar-refractivity contribution in [3.63, 3.8) is 0 Å². The number of halogens is 1. The molecule has 4 rings (SSSR count). The number of fused-ring (bicyclic) bond motifs is 4. The average Bonchev–Trinajstić information content (AvgIpc) is 2.92. The molecule has 3 heteroatoms. The van der Waals surface area contributed by atoms with Crippen LogP contribution in [0.5, 0.6) is 0 Å². The summed E-state index contributed by atoms with van der Waals surface area (Å²) in [6.07, 6.45) is 13.0. The third-order valence-corrected chi connectivity index (χ3v) is 11.9. The van der Waals surface area contributed by atoms with E-state index in [-0.39, 0.29) is 0 Å². The molecule has 1 N–H and O–H groups in total. The Hall–Kier alpha value is -0.0600. The fourth-order valence-corrected chi connectivity index (χ4v) is 9.46. The van der Waals surface area contributed by atoms with Crippen LogP contribution in [-0.2, 0) is 4.79 Å². The van der Waals surface area contributed by atoms with E-state index in [1.54, 1.807) is 0 Å². The summed E-state index contributed by atoms with van der Waals surface area (Å²) in [5.74, 6) is 1.90. The first-order chi connectivity index (χ1) is 13.8. The van der Waals surface area contributed by atoms with Gasteiger partial charge in [-0.1, -0.05) is 81.7 Å². The van der Waals surface area contributed by atoms with Crippen molar-refractivity contribution in [1.29, 1.82) is 0 Å². The van der Waals surface area contributed by atoms with Gasteiger partial charge in [-0.25, -0.2) is 0 Å². The number of allylic oxidation sites excluding steroid dienone is 2. The van der Waals surface area contributed by atoms with E-state index in [1.165, 1.54) is 62.2 Å². The van der Waals surface area contributed by atoms with Gasteiger partial charge in [-0.3, -0.25) is 4.79 Å². The number of alkyl halides is 1. The standard InChI is InChI=1S/C25H41I.C2H4O2/c1-17(16-26)18-10-14-25(6)20-8-9-21-22(2,3)12-7-13-23(21,4)19(20)11-15-24(18,25)5;1-2(3)4/h17-18,21H,7-16H2,1-6H3;1H3,(H,3,4). The fourth-order valence-electron chi connectivity index (χ4n) is 8.84. The lowest BCUT2D eigenvalue weighted by molar-refractivity contribution is -0.134. The summed E-state index contributed by atoms with van der Waals surface area (Å²) in [4.78, 5) is 9.00. The van der Waals surface area contributed by atoms with Crippen LogP contribution >= 0.6 is 22.6 Å². The van der Waals surface area contributed by atoms with E-state index in [4.69, 9.17) is 9.90 Å². The molecule has 0 heterocycles. The Kier molecular flexibility index (Phi) is 6.86. The van der Waals surface area contributed by atoms with Crippen molar-refractivity contribution < 1.29 is 9.90 Å². The van der Waals surface area contributed by atoms with Gasteiger partial charge in [-0.2, -0.15) is 0 Å². The van der Waals surface area contributed by atoms with Gasteiger partial charge in [-0.15, -0.1) is 0 Å². The molecule has 0 aliphatic heterocycles. The zero-order valence-electron chi connectivity index (χ0n) is 20.5. The Morgan fingerprint density at radius 3 is 2.27 bits per heavy atom. The Labute approximate surface area is 199 Å². The van der Waals surface area contributed by atoms with Gasteiger partial charge >= 0.3 is 0 Å². The van der Waals surface area contributed by atoms with Crippen LogP contribution in [0, 0.1) is 39.4 Å². The minimum atomic E-state index is -0.833. The molecule has 2 fully saturated rings. The molecular formula is C27H45IO2. The predicted octanol–water partition coefficient (Wildman–Crippen LogP) is 8.29. The molecule has 0 spiro atoms. The van der Waals surface area contributed by atoms with Gasteiger partial charge in [0.05, 0.1) is 0 Å². The number of hydrogen-bond donors (Lipinski definition) is 1. The third kappa shape index (κ3) is 3.71. The molecule has 30 heavy (non-hydrogen) atoms. The zero-order chi connectivity index (χ0) is 22.5. The Balaban J connectivity index is 0.000000589. The van der Waals surface area contributed by atoms with E-state index in [2.05, 4.69) is 64.1 Å². The lowest BCUT2D eigenvalue weighted by atomic mass is 9.44. The number of carboxylic acids is 1. The number of carbonyl (C=O) groups is 1. The predicted molar refractivity (Wildman–Crippen MR) is 135 cm³/mol. The first-order valence-corrected chi connectivity index (χ1v) is 13.8. The van der Waals surface area contributed by atoms with Crippen molar-refractivity contribution in [3.8, 4) is 0 Å². The molecule has 4 aliphatic carbocycles. The Bertz CT molecular complexity index is 706. The molecule has 0 aromatic rings. The molecule has 6 atom stereocenters. The first-order valence-electron chi connectivity index (χ1n) is 12.3. The molecule has 2 saturated carbocycles. The van der Waals surface area contributed by atoms with Gasteiger partial charge in [0.25, 0.3) is 5.97 Å². The van der Waals surface area contributed by atoms with E-state index in [0.717, 1.165) is 24.7 Å². The summed E-state index contributed by atoms with van der Waals surface area (Å²) in [7, 11) is 0. The van der Waals surface area contributed by atoms with Gasteiger partial charge in [0, 0.05) is 11.4 Å². The summed E-state index contributed by atoms with van der Waals surface area (Å²) in [5, 5.41) is 7.42. The van der Waals surface area contributed by atoms with E-state index in [9.17, 15) is 0 Å². The summed E-state index contributed by atoms with van der Waals surface area (Å²) in [6, 6.07) is 0. The van der Waals surface area contributed by atoms with Crippen molar-refractivity contribution in [2.75, 3.05) is 4.43 Å². The number of hydrogen-bond acceptors (Lipinski definition) is 1. The number of carboxylic acid groups (broad SMARTS) is 1. The van der Waals surface area contributed by atoms with Gasteiger partial charge in [0.15, 0.2) is 0 Å². The van der Waals surface area contributed by atoms with Crippen LogP contribution < -0.4 is 0 Å². The first kappa shape index (κ1) is 24.6. The molecule has 172 valence electrons. The highest BCUT2D eigenvalue weighted by Gasteiger charge is 2.62. The van der Waals surface area contributed by atoms with Crippen molar-refractivity contribution in [2.24, 2.45) is 39.4 Å². The Morgan fingerprint density at radius 1 is 1.03 bits per heavy atom. The molecule has 0 saturated heterocycles. The summed E-state index contributed by atoms with van der Waals surface area (Å²) < 4.78 is 1.33. The van der Waals surface area contributed by atoms with E-state index < -0.39 is 5.97 Å². The molecule has 0 radical (unpaired) electrons. The molecule has 0 aromatic carbocycles. The smallest absolute Gasteiger partial charge is 0.300 e. The lowest BCUT2D eigenvalue weighted by Gasteiger charge is -2.61. The van der Waals surface area contributed by atoms with Crippen LogP contribution in [0.2, 0.25) is 0 Å². The normalized spacial score (nSPS) is 42.9. The van der Waals surface area contributed by atoms with Crippen molar-refractivity contribution in [2.45, 2.75) is 106 Å². The SMILES string of the molecule is CC(=O)O.CC(CI)C1CCC2(C)C3=C(CCC12C)C1(C)CCCC(C)(C)C1CC3. The van der Waals surface area contributed by atoms with Gasteiger partial charge in [-0.05, 0) is 90.8 Å². The zero-order valence-corrected chi connectivity index (χ0v) is 22.7. The van der Waals surface area contributed by atoms with Gasteiger partial charge in [0.2, 0.25) is 0 Å². The number of aliphatic carboxylic acids is 1. The van der Waals surface area contributed by atoms with Crippen molar-refractivity contribution in [1.82, 2.24) is 0 Å². The second-order valence-corrected chi connectivity index (χ2v) is 13.2. The minimum Gasteiger partial charge on any atom is -0.481 e. The fraction of sp³-hybridized carbons (Fsp3) is 0.889. The molecule has 6 unspecified atom stereocenters. The second kappa shape index (κ2) is 8.37. The highest BCUT2D eigenvalue weighted by atomic mass is 127. The van der Waals surface area contributed by atoms with Crippen LogP contribution in [0.3, 0.4) is 0 Å². The summed E-state index contributed by atoms with van der Waals surface area (Å²) >= 11 is 2.63. The Morgan fingerprint density at radius 2 is 1.67 bits per heavy atom.